The summed E-state index contributed by atoms with van der Waals surface area (Å²) in [6.45, 7) is 15.7. The van der Waals surface area contributed by atoms with E-state index in [4.69, 9.17) is 0 Å². The molecule has 2 aliphatic rings. The van der Waals surface area contributed by atoms with E-state index in [-0.39, 0.29) is 0 Å². The molecule has 1 saturated carbocycles. The van der Waals surface area contributed by atoms with Gasteiger partial charge in [-0.05, 0) is 49.6 Å². The number of hydrogen-bond donors (Lipinski definition) is 1. The Bertz CT molecular complexity index is 281. The highest BCUT2D eigenvalue weighted by Gasteiger charge is 2.38. The van der Waals surface area contributed by atoms with E-state index in [2.05, 4.69) is 44.8 Å². The molecule has 1 N–H and O–H groups in total. The number of nitrogens with zero attached hydrogens (tertiary/aromatic N) is 1. The molecule has 2 fully saturated rings. The first-order chi connectivity index (χ1) is 8.93. The van der Waals surface area contributed by atoms with Gasteiger partial charge in [-0.3, -0.25) is 4.90 Å². The number of hydrogen-bond acceptors (Lipinski definition) is 2. The maximum absolute atomic E-state index is 3.77. The summed E-state index contributed by atoms with van der Waals surface area (Å²) in [6, 6.07) is 1.48. The van der Waals surface area contributed by atoms with Gasteiger partial charge in [0.1, 0.15) is 0 Å². The summed E-state index contributed by atoms with van der Waals surface area (Å²) in [4.78, 5) is 2.82. The molecule has 0 aromatic rings. The zero-order valence-corrected chi connectivity index (χ0v) is 13.7. The van der Waals surface area contributed by atoms with Gasteiger partial charge in [-0.25, -0.2) is 0 Å². The third-order valence-corrected chi connectivity index (χ3v) is 5.65. The van der Waals surface area contributed by atoms with Gasteiger partial charge in [0.2, 0.25) is 0 Å². The molecule has 19 heavy (non-hydrogen) atoms. The first kappa shape index (κ1) is 15.3. The van der Waals surface area contributed by atoms with Crippen molar-refractivity contribution in [3.63, 3.8) is 0 Å². The lowest BCUT2D eigenvalue weighted by atomic mass is 9.86. The van der Waals surface area contributed by atoms with Crippen molar-refractivity contribution in [3.8, 4) is 0 Å². The van der Waals surface area contributed by atoms with Crippen LogP contribution < -0.4 is 5.32 Å². The molecule has 112 valence electrons. The van der Waals surface area contributed by atoms with Crippen LogP contribution in [0.5, 0.6) is 0 Å². The van der Waals surface area contributed by atoms with E-state index in [1.165, 1.54) is 45.3 Å². The van der Waals surface area contributed by atoms with E-state index in [9.17, 15) is 0 Å². The topological polar surface area (TPSA) is 15.3 Å². The van der Waals surface area contributed by atoms with Gasteiger partial charge in [0, 0.05) is 18.6 Å². The summed E-state index contributed by atoms with van der Waals surface area (Å²) < 4.78 is 0. The molecule has 2 heteroatoms. The summed E-state index contributed by atoms with van der Waals surface area (Å²) >= 11 is 0. The lowest BCUT2D eigenvalue weighted by molar-refractivity contribution is 0.125. The van der Waals surface area contributed by atoms with E-state index in [1.807, 2.05) is 0 Å². The highest BCUT2D eigenvalue weighted by Crippen LogP contribution is 2.38. The molecule has 0 radical (unpaired) electrons. The Morgan fingerprint density at radius 1 is 1.21 bits per heavy atom. The standard InChI is InChI=1S/C17H34N2/c1-6-14-8-9-15(13(14)2)19-11-7-10-18-16(12-19)17(3,4)5/h13-16,18H,6-12H2,1-5H3. The van der Waals surface area contributed by atoms with Gasteiger partial charge in [-0.2, -0.15) is 0 Å². The normalized spacial score (nSPS) is 38.4. The van der Waals surface area contributed by atoms with Crippen molar-refractivity contribution in [3.05, 3.63) is 0 Å². The first-order valence-electron chi connectivity index (χ1n) is 8.41. The van der Waals surface area contributed by atoms with Crippen LogP contribution in [0.1, 0.15) is 60.3 Å². The van der Waals surface area contributed by atoms with Crippen molar-refractivity contribution in [1.82, 2.24) is 10.2 Å². The summed E-state index contributed by atoms with van der Waals surface area (Å²) in [7, 11) is 0. The second kappa shape index (κ2) is 6.13. The third kappa shape index (κ3) is 3.52. The van der Waals surface area contributed by atoms with Gasteiger partial charge in [-0.1, -0.05) is 41.0 Å². The SMILES string of the molecule is CCC1CCC(N2CCCNC(C(C)(C)C)C2)C1C. The van der Waals surface area contributed by atoms with E-state index >= 15 is 0 Å². The average Bonchev–Trinajstić information content (AvgIpc) is 2.57. The third-order valence-electron chi connectivity index (χ3n) is 5.65. The molecule has 4 atom stereocenters. The zero-order valence-electron chi connectivity index (χ0n) is 13.7. The molecule has 0 spiro atoms. The van der Waals surface area contributed by atoms with Gasteiger partial charge >= 0.3 is 0 Å². The summed E-state index contributed by atoms with van der Waals surface area (Å²) in [5.74, 6) is 1.86. The van der Waals surface area contributed by atoms with Crippen LogP contribution in [-0.4, -0.2) is 36.6 Å². The average molecular weight is 266 g/mol. The van der Waals surface area contributed by atoms with Crippen molar-refractivity contribution in [2.24, 2.45) is 17.3 Å². The van der Waals surface area contributed by atoms with Crippen LogP contribution in [0.25, 0.3) is 0 Å². The largest absolute Gasteiger partial charge is 0.312 e. The Hall–Kier alpha value is -0.0800. The molecule has 0 amide bonds. The minimum Gasteiger partial charge on any atom is -0.312 e. The number of rotatable bonds is 2. The molecule has 2 rings (SSSR count). The molecular weight excluding hydrogens is 232 g/mol. The second-order valence-electron chi connectivity index (χ2n) is 7.89. The van der Waals surface area contributed by atoms with Crippen molar-refractivity contribution in [2.45, 2.75) is 72.4 Å². The number of nitrogens with one attached hydrogen (secondary N) is 1. The van der Waals surface area contributed by atoms with Crippen LogP contribution in [0.3, 0.4) is 0 Å². The summed E-state index contributed by atoms with van der Waals surface area (Å²) in [5, 5.41) is 3.77. The predicted molar refractivity (Wildman–Crippen MR) is 83.4 cm³/mol. The van der Waals surface area contributed by atoms with Crippen LogP contribution in [0.4, 0.5) is 0 Å². The Balaban J connectivity index is 2.03. The minimum absolute atomic E-state index is 0.370. The van der Waals surface area contributed by atoms with E-state index < -0.39 is 0 Å². The van der Waals surface area contributed by atoms with Crippen LogP contribution in [-0.2, 0) is 0 Å². The Morgan fingerprint density at radius 3 is 2.53 bits per heavy atom. The molecule has 0 aromatic heterocycles. The zero-order chi connectivity index (χ0) is 14.0. The van der Waals surface area contributed by atoms with E-state index in [1.54, 1.807) is 0 Å². The van der Waals surface area contributed by atoms with Gasteiger partial charge in [0.15, 0.2) is 0 Å². The molecule has 4 unspecified atom stereocenters. The molecule has 1 aliphatic heterocycles. The Labute approximate surface area is 120 Å². The van der Waals surface area contributed by atoms with Gasteiger partial charge in [-0.15, -0.1) is 0 Å². The predicted octanol–water partition coefficient (Wildman–Crippen LogP) is 3.52. The van der Waals surface area contributed by atoms with Crippen LogP contribution in [0, 0.1) is 17.3 Å². The van der Waals surface area contributed by atoms with Crippen molar-refractivity contribution in [1.29, 1.82) is 0 Å². The first-order valence-corrected chi connectivity index (χ1v) is 8.41. The quantitative estimate of drug-likeness (QED) is 0.822. The fourth-order valence-corrected chi connectivity index (χ4v) is 4.15. The van der Waals surface area contributed by atoms with Crippen LogP contribution in [0.2, 0.25) is 0 Å². The molecule has 0 aromatic carbocycles. The minimum atomic E-state index is 0.370. The van der Waals surface area contributed by atoms with Crippen LogP contribution in [0.15, 0.2) is 0 Å². The maximum Gasteiger partial charge on any atom is 0.0243 e. The van der Waals surface area contributed by atoms with Crippen molar-refractivity contribution in [2.75, 3.05) is 19.6 Å². The smallest absolute Gasteiger partial charge is 0.0243 e. The summed E-state index contributed by atoms with van der Waals surface area (Å²) in [6.07, 6.45) is 5.56. The summed E-state index contributed by atoms with van der Waals surface area (Å²) in [5.41, 5.74) is 0.370. The maximum atomic E-state index is 3.77. The molecule has 1 heterocycles. The van der Waals surface area contributed by atoms with E-state index in [0.29, 0.717) is 11.5 Å². The fourth-order valence-electron chi connectivity index (χ4n) is 4.15. The Morgan fingerprint density at radius 2 is 1.95 bits per heavy atom. The molecule has 0 bridgehead atoms. The fraction of sp³-hybridized carbons (Fsp3) is 1.00. The monoisotopic (exact) mass is 266 g/mol. The lowest BCUT2D eigenvalue weighted by Gasteiger charge is -2.38. The lowest BCUT2D eigenvalue weighted by Crippen LogP contribution is -2.49. The van der Waals surface area contributed by atoms with Crippen molar-refractivity contribution < 1.29 is 0 Å². The molecule has 2 nitrogen and oxygen atoms in total. The van der Waals surface area contributed by atoms with Gasteiger partial charge in [0.05, 0.1) is 0 Å². The molecule has 1 saturated heterocycles. The molecular formula is C17H34N2. The van der Waals surface area contributed by atoms with Gasteiger partial charge < -0.3 is 5.32 Å². The van der Waals surface area contributed by atoms with Crippen LogP contribution >= 0.6 is 0 Å². The van der Waals surface area contributed by atoms with Crippen molar-refractivity contribution >= 4 is 0 Å². The Kier molecular flexibility index (Phi) is 4.94. The highest BCUT2D eigenvalue weighted by atomic mass is 15.2. The van der Waals surface area contributed by atoms with Gasteiger partial charge in [0.25, 0.3) is 0 Å². The molecule has 1 aliphatic carbocycles. The second-order valence-corrected chi connectivity index (χ2v) is 7.89. The highest BCUT2D eigenvalue weighted by molar-refractivity contribution is 4.93. The van der Waals surface area contributed by atoms with E-state index in [0.717, 1.165) is 17.9 Å².